The van der Waals surface area contributed by atoms with Gasteiger partial charge in [0, 0.05) is 0 Å². The van der Waals surface area contributed by atoms with Crippen LogP contribution in [-0.4, -0.2) is 61.8 Å². The summed E-state index contributed by atoms with van der Waals surface area (Å²) < 4.78 is 4.47. The summed E-state index contributed by atoms with van der Waals surface area (Å²) >= 11 is 0. The van der Waals surface area contributed by atoms with Gasteiger partial charge >= 0.3 is 0 Å². The number of phenols is 2. The smallest absolute Gasteiger partial charge is 0.183 e. The van der Waals surface area contributed by atoms with E-state index in [9.17, 15) is 0 Å². The van der Waals surface area contributed by atoms with Crippen LogP contribution < -0.4 is 0 Å². The number of ether oxygens (including phenoxy) is 1. The van der Waals surface area contributed by atoms with E-state index in [-0.39, 0.29) is 18.1 Å². The summed E-state index contributed by atoms with van der Waals surface area (Å²) in [5.74, 6) is 0.339. The quantitative estimate of drug-likeness (QED) is 0.313. The van der Waals surface area contributed by atoms with Gasteiger partial charge < -0.3 is 35.4 Å². The van der Waals surface area contributed by atoms with Crippen LogP contribution in [0.4, 0.5) is 0 Å². The molecule has 0 spiro atoms. The molecule has 0 bridgehead atoms. The van der Waals surface area contributed by atoms with Gasteiger partial charge in [-0.05, 0) is 24.3 Å². The van der Waals surface area contributed by atoms with Crippen LogP contribution in [0.15, 0.2) is 24.3 Å². The predicted molar refractivity (Wildman–Crippen MR) is 59.8 cm³/mol. The number of aliphatic hydroxyl groups excluding tert-OH is 4. The Hall–Kier alpha value is -1.38. The molecule has 1 aliphatic heterocycles. The number of rotatable bonds is 0. The van der Waals surface area contributed by atoms with Gasteiger partial charge in [-0.2, -0.15) is 0 Å². The maximum Gasteiger partial charge on any atom is 0.183 e. The minimum Gasteiger partial charge on any atom is -0.508 e. The zero-order chi connectivity index (χ0) is 13.7. The Balaban J connectivity index is 0.000000184. The number of benzene rings is 1. The van der Waals surface area contributed by atoms with Gasteiger partial charge in [-0.15, -0.1) is 0 Å². The van der Waals surface area contributed by atoms with Gasteiger partial charge in [-0.3, -0.25) is 0 Å². The maximum atomic E-state index is 8.88. The molecule has 0 unspecified atom stereocenters. The fourth-order valence-electron chi connectivity index (χ4n) is 1.24. The van der Waals surface area contributed by atoms with E-state index < -0.39 is 24.6 Å². The lowest BCUT2D eigenvalue weighted by Crippen LogP contribution is -2.52. The van der Waals surface area contributed by atoms with E-state index in [0.29, 0.717) is 0 Å². The fourth-order valence-corrected chi connectivity index (χ4v) is 1.24. The molecule has 1 aromatic rings. The lowest BCUT2D eigenvalue weighted by molar-refractivity contribution is -0.252. The summed E-state index contributed by atoms with van der Waals surface area (Å²) in [6.07, 6.45) is -5.23. The fraction of sp³-hybridized carbons (Fsp3) is 0.455. The summed E-state index contributed by atoms with van der Waals surface area (Å²) in [6, 6.07) is 5.70. The molecule has 0 radical (unpaired) electrons. The number of hydrogen-bond acceptors (Lipinski definition) is 7. The number of hydrogen-bond donors (Lipinski definition) is 6. The van der Waals surface area contributed by atoms with Crippen molar-refractivity contribution in [2.24, 2.45) is 0 Å². The van der Waals surface area contributed by atoms with Gasteiger partial charge in [-0.1, -0.05) is 0 Å². The normalized spacial score (nSPS) is 31.3. The van der Waals surface area contributed by atoms with Gasteiger partial charge in [0.2, 0.25) is 0 Å². The second-order valence-electron chi connectivity index (χ2n) is 3.79. The van der Waals surface area contributed by atoms with Crippen molar-refractivity contribution >= 4 is 0 Å². The van der Waals surface area contributed by atoms with E-state index >= 15 is 0 Å². The molecule has 7 nitrogen and oxygen atoms in total. The highest BCUT2D eigenvalue weighted by atomic mass is 16.6. The molecule has 18 heavy (non-hydrogen) atoms. The SMILES string of the molecule is O[C@H]1[C@H](O)[C@H](O)OC[C@H]1O.Oc1ccc(O)cc1. The number of aromatic hydroxyl groups is 2. The standard InChI is InChI=1S/C6H6O2.C5H10O5/c7-5-1-2-6(8)4-3-5;6-2-1-10-5(9)4(8)3(2)7/h1-4,7-8H;2-9H,1H2/t;2-,3-,4+,5-/m.1/s1. The largest absolute Gasteiger partial charge is 0.508 e. The molecule has 6 N–H and O–H groups in total. The van der Waals surface area contributed by atoms with Crippen LogP contribution in [-0.2, 0) is 4.74 Å². The lowest BCUT2D eigenvalue weighted by Gasteiger charge is -2.31. The second-order valence-corrected chi connectivity index (χ2v) is 3.79. The van der Waals surface area contributed by atoms with Crippen molar-refractivity contribution in [1.82, 2.24) is 0 Å². The number of aliphatic hydroxyl groups is 4. The van der Waals surface area contributed by atoms with Crippen LogP contribution in [0.3, 0.4) is 0 Å². The first-order valence-electron chi connectivity index (χ1n) is 5.23. The second kappa shape index (κ2) is 6.53. The third-order valence-electron chi connectivity index (χ3n) is 2.32. The Morgan fingerprint density at radius 2 is 1.28 bits per heavy atom. The Bertz CT molecular complexity index is 318. The third kappa shape index (κ3) is 4.13. The molecule has 7 heteroatoms. The van der Waals surface area contributed by atoms with E-state index in [0.717, 1.165) is 0 Å². The van der Waals surface area contributed by atoms with Crippen molar-refractivity contribution in [3.05, 3.63) is 24.3 Å². The minimum absolute atomic E-state index is 0.153. The molecule has 0 aromatic heterocycles. The summed E-state index contributed by atoms with van der Waals surface area (Å²) in [4.78, 5) is 0. The summed E-state index contributed by atoms with van der Waals surface area (Å²) in [5, 5.41) is 52.5. The van der Waals surface area contributed by atoms with Crippen LogP contribution in [0.2, 0.25) is 0 Å². The highest BCUT2D eigenvalue weighted by molar-refractivity contribution is 5.28. The molecule has 102 valence electrons. The van der Waals surface area contributed by atoms with Crippen LogP contribution in [0.25, 0.3) is 0 Å². The predicted octanol–water partition coefficient (Wildman–Crippen LogP) is -1.48. The molecular formula is C11H16O7. The van der Waals surface area contributed by atoms with Crippen molar-refractivity contribution in [2.75, 3.05) is 6.61 Å². The topological polar surface area (TPSA) is 131 Å². The average Bonchev–Trinajstić information content (AvgIpc) is 2.36. The summed E-state index contributed by atoms with van der Waals surface area (Å²) in [6.45, 7) is -0.153. The molecule has 1 fully saturated rings. The van der Waals surface area contributed by atoms with Gasteiger partial charge in [0.1, 0.15) is 29.8 Å². The Morgan fingerprint density at radius 1 is 0.833 bits per heavy atom. The Kier molecular flexibility index (Phi) is 5.32. The monoisotopic (exact) mass is 260 g/mol. The van der Waals surface area contributed by atoms with E-state index in [1.807, 2.05) is 0 Å². The first-order valence-corrected chi connectivity index (χ1v) is 5.23. The molecular weight excluding hydrogens is 244 g/mol. The van der Waals surface area contributed by atoms with E-state index in [4.69, 9.17) is 30.6 Å². The van der Waals surface area contributed by atoms with Crippen LogP contribution in [0.1, 0.15) is 0 Å². The molecule has 0 saturated carbocycles. The van der Waals surface area contributed by atoms with Gasteiger partial charge in [0.05, 0.1) is 6.61 Å². The van der Waals surface area contributed by atoms with Crippen LogP contribution in [0.5, 0.6) is 11.5 Å². The van der Waals surface area contributed by atoms with E-state index in [2.05, 4.69) is 4.74 Å². The van der Waals surface area contributed by atoms with Crippen molar-refractivity contribution in [3.63, 3.8) is 0 Å². The van der Waals surface area contributed by atoms with Crippen molar-refractivity contribution in [1.29, 1.82) is 0 Å². The third-order valence-corrected chi connectivity index (χ3v) is 2.32. The summed E-state index contributed by atoms with van der Waals surface area (Å²) in [5.41, 5.74) is 0. The van der Waals surface area contributed by atoms with E-state index in [1.54, 1.807) is 0 Å². The molecule has 4 atom stereocenters. The van der Waals surface area contributed by atoms with Crippen LogP contribution in [0, 0.1) is 0 Å². The molecule has 1 aromatic carbocycles. The highest BCUT2D eigenvalue weighted by Crippen LogP contribution is 2.13. The van der Waals surface area contributed by atoms with Gasteiger partial charge in [0.25, 0.3) is 0 Å². The minimum atomic E-state index is -1.41. The van der Waals surface area contributed by atoms with Crippen molar-refractivity contribution in [3.8, 4) is 11.5 Å². The number of phenolic OH excluding ortho intramolecular Hbond substituents is 2. The van der Waals surface area contributed by atoms with Gasteiger partial charge in [-0.25, -0.2) is 0 Å². The first kappa shape index (κ1) is 14.7. The molecule has 1 aliphatic rings. The Morgan fingerprint density at radius 3 is 1.67 bits per heavy atom. The van der Waals surface area contributed by atoms with Gasteiger partial charge in [0.15, 0.2) is 6.29 Å². The highest BCUT2D eigenvalue weighted by Gasteiger charge is 2.36. The van der Waals surface area contributed by atoms with Crippen molar-refractivity contribution < 1.29 is 35.4 Å². The lowest BCUT2D eigenvalue weighted by atomic mass is 10.1. The molecule has 0 amide bonds. The molecule has 0 aliphatic carbocycles. The zero-order valence-corrected chi connectivity index (χ0v) is 9.42. The van der Waals surface area contributed by atoms with Crippen LogP contribution >= 0.6 is 0 Å². The Labute approximate surface area is 103 Å². The first-order chi connectivity index (χ1) is 8.41. The summed E-state index contributed by atoms with van der Waals surface area (Å²) in [7, 11) is 0. The maximum absolute atomic E-state index is 8.88. The molecule has 1 saturated heterocycles. The zero-order valence-electron chi connectivity index (χ0n) is 9.42. The molecule has 1 heterocycles. The van der Waals surface area contributed by atoms with Crippen molar-refractivity contribution in [2.45, 2.75) is 24.6 Å². The average molecular weight is 260 g/mol. The molecule has 2 rings (SSSR count). The van der Waals surface area contributed by atoms with E-state index in [1.165, 1.54) is 24.3 Å².